The lowest BCUT2D eigenvalue weighted by atomic mass is 9.76. The maximum atomic E-state index is 6.38. The van der Waals surface area contributed by atoms with E-state index < -0.39 is 0 Å². The molecule has 0 fully saturated rings. The van der Waals surface area contributed by atoms with E-state index in [0.717, 1.165) is 12.1 Å². The van der Waals surface area contributed by atoms with Gasteiger partial charge in [-0.3, -0.25) is 4.98 Å². The van der Waals surface area contributed by atoms with Crippen LogP contribution in [0.5, 0.6) is 0 Å². The van der Waals surface area contributed by atoms with E-state index in [9.17, 15) is 0 Å². The Balaban J connectivity index is 2.15. The number of benzene rings is 1. The van der Waals surface area contributed by atoms with Crippen LogP contribution in [0.1, 0.15) is 25.1 Å². The molecule has 2 N–H and O–H groups in total. The average Bonchev–Trinajstić information content (AvgIpc) is 2.41. The lowest BCUT2D eigenvalue weighted by Gasteiger charge is -2.32. The van der Waals surface area contributed by atoms with Gasteiger partial charge in [0.2, 0.25) is 0 Å². The molecule has 2 heteroatoms. The maximum absolute atomic E-state index is 6.38. The first-order chi connectivity index (χ1) is 8.60. The molecule has 0 saturated heterocycles. The highest BCUT2D eigenvalue weighted by Crippen LogP contribution is 2.27. The van der Waals surface area contributed by atoms with Crippen molar-refractivity contribution in [2.45, 2.75) is 31.7 Å². The van der Waals surface area contributed by atoms with Crippen molar-refractivity contribution in [3.8, 4) is 0 Å². The number of hydrogen-bond acceptors (Lipinski definition) is 2. The van der Waals surface area contributed by atoms with E-state index in [1.165, 1.54) is 5.56 Å². The highest BCUT2D eigenvalue weighted by Gasteiger charge is 2.28. The maximum Gasteiger partial charge on any atom is 0.0419 e. The molecule has 0 aliphatic rings. The van der Waals surface area contributed by atoms with Gasteiger partial charge in [0.05, 0.1) is 0 Å². The molecular weight excluding hydrogens is 220 g/mol. The first-order valence-electron chi connectivity index (χ1n) is 6.31. The highest BCUT2D eigenvalue weighted by molar-refractivity contribution is 5.26. The van der Waals surface area contributed by atoms with Gasteiger partial charge in [0.15, 0.2) is 0 Å². The van der Waals surface area contributed by atoms with E-state index in [-0.39, 0.29) is 11.5 Å². The third kappa shape index (κ3) is 2.77. The summed E-state index contributed by atoms with van der Waals surface area (Å²) < 4.78 is 0. The van der Waals surface area contributed by atoms with Crippen LogP contribution in [0.2, 0.25) is 0 Å². The Hall–Kier alpha value is -1.67. The van der Waals surface area contributed by atoms with Crippen molar-refractivity contribution in [1.29, 1.82) is 0 Å². The van der Waals surface area contributed by atoms with E-state index >= 15 is 0 Å². The molecule has 0 aliphatic carbocycles. The van der Waals surface area contributed by atoms with Crippen molar-refractivity contribution in [2.24, 2.45) is 5.73 Å². The van der Waals surface area contributed by atoms with Gasteiger partial charge >= 0.3 is 0 Å². The fourth-order valence-electron chi connectivity index (χ4n) is 2.08. The molecule has 1 heterocycles. The van der Waals surface area contributed by atoms with Gasteiger partial charge in [0.25, 0.3) is 0 Å². The van der Waals surface area contributed by atoms with Crippen LogP contribution in [0.4, 0.5) is 0 Å². The minimum atomic E-state index is -0.0568. The van der Waals surface area contributed by atoms with Gasteiger partial charge in [-0.1, -0.05) is 50.2 Å². The predicted octanol–water partition coefficient (Wildman–Crippen LogP) is 2.93. The third-order valence-corrected chi connectivity index (χ3v) is 3.60. The van der Waals surface area contributed by atoms with E-state index in [0.29, 0.717) is 0 Å². The van der Waals surface area contributed by atoms with Gasteiger partial charge in [0.1, 0.15) is 0 Å². The second kappa shape index (κ2) is 5.32. The molecule has 94 valence electrons. The Morgan fingerprint density at radius 2 is 1.72 bits per heavy atom. The second-order valence-corrected chi connectivity index (χ2v) is 5.22. The van der Waals surface area contributed by atoms with Crippen LogP contribution in [0.15, 0.2) is 54.7 Å². The Morgan fingerprint density at radius 3 is 2.33 bits per heavy atom. The summed E-state index contributed by atoms with van der Waals surface area (Å²) in [5.41, 5.74) is 8.64. The Kier molecular flexibility index (Phi) is 3.78. The number of hydrogen-bond donors (Lipinski definition) is 1. The summed E-state index contributed by atoms with van der Waals surface area (Å²) in [4.78, 5) is 4.35. The normalized spacial score (nSPS) is 13.3. The molecule has 0 saturated carbocycles. The summed E-state index contributed by atoms with van der Waals surface area (Å²) in [5, 5.41) is 0. The monoisotopic (exact) mass is 240 g/mol. The fourth-order valence-corrected chi connectivity index (χ4v) is 2.08. The first kappa shape index (κ1) is 12.8. The molecule has 0 amide bonds. The number of pyridine rings is 1. The molecule has 0 spiro atoms. The van der Waals surface area contributed by atoms with Crippen molar-refractivity contribution >= 4 is 0 Å². The Morgan fingerprint density at radius 1 is 1.06 bits per heavy atom. The molecule has 1 aromatic carbocycles. The van der Waals surface area contributed by atoms with Gasteiger partial charge < -0.3 is 5.73 Å². The van der Waals surface area contributed by atoms with Crippen LogP contribution in [-0.2, 0) is 11.8 Å². The number of aromatic nitrogens is 1. The Labute approximate surface area is 109 Å². The smallest absolute Gasteiger partial charge is 0.0419 e. The summed E-state index contributed by atoms with van der Waals surface area (Å²) in [5.74, 6) is 0. The van der Waals surface area contributed by atoms with Crippen molar-refractivity contribution in [3.05, 3.63) is 66.0 Å². The zero-order valence-electron chi connectivity index (χ0n) is 11.0. The average molecular weight is 240 g/mol. The predicted molar refractivity (Wildman–Crippen MR) is 75.4 cm³/mol. The van der Waals surface area contributed by atoms with E-state index in [1.807, 2.05) is 30.5 Å². The van der Waals surface area contributed by atoms with Crippen LogP contribution in [-0.4, -0.2) is 11.0 Å². The topological polar surface area (TPSA) is 38.9 Å². The molecular formula is C16H20N2. The standard InChI is InChI=1S/C16H20N2/c1-16(2,13-8-4-3-5-9-13)15(17)12-14-10-6-7-11-18-14/h3-11,15H,12,17H2,1-2H3. The number of nitrogens with zero attached hydrogens (tertiary/aromatic N) is 1. The first-order valence-corrected chi connectivity index (χ1v) is 6.31. The van der Waals surface area contributed by atoms with Crippen LogP contribution in [0, 0.1) is 0 Å². The molecule has 1 aromatic heterocycles. The zero-order valence-corrected chi connectivity index (χ0v) is 11.0. The molecule has 18 heavy (non-hydrogen) atoms. The van der Waals surface area contributed by atoms with E-state index in [2.05, 4.69) is 43.1 Å². The SMILES string of the molecule is CC(C)(c1ccccc1)C(N)Cc1ccccn1. The lowest BCUT2D eigenvalue weighted by molar-refractivity contribution is 0.404. The summed E-state index contributed by atoms with van der Waals surface area (Å²) in [6.07, 6.45) is 2.61. The minimum Gasteiger partial charge on any atom is -0.327 e. The summed E-state index contributed by atoms with van der Waals surface area (Å²) in [7, 11) is 0. The molecule has 2 nitrogen and oxygen atoms in total. The molecule has 2 rings (SSSR count). The summed E-state index contributed by atoms with van der Waals surface area (Å²) in [6.45, 7) is 4.38. The quantitative estimate of drug-likeness (QED) is 0.892. The van der Waals surface area contributed by atoms with E-state index in [1.54, 1.807) is 0 Å². The van der Waals surface area contributed by atoms with Gasteiger partial charge in [-0.05, 0) is 17.7 Å². The molecule has 0 aliphatic heterocycles. The number of nitrogens with two attached hydrogens (primary N) is 1. The number of rotatable bonds is 4. The molecule has 0 radical (unpaired) electrons. The second-order valence-electron chi connectivity index (χ2n) is 5.22. The van der Waals surface area contributed by atoms with Crippen LogP contribution >= 0.6 is 0 Å². The third-order valence-electron chi connectivity index (χ3n) is 3.60. The molecule has 2 aromatic rings. The zero-order chi connectivity index (χ0) is 13.0. The van der Waals surface area contributed by atoms with Crippen molar-refractivity contribution in [1.82, 2.24) is 4.98 Å². The largest absolute Gasteiger partial charge is 0.327 e. The summed E-state index contributed by atoms with van der Waals surface area (Å²) in [6, 6.07) is 16.4. The highest BCUT2D eigenvalue weighted by atomic mass is 14.7. The van der Waals surface area contributed by atoms with E-state index in [4.69, 9.17) is 5.73 Å². The van der Waals surface area contributed by atoms with Crippen LogP contribution in [0.3, 0.4) is 0 Å². The summed E-state index contributed by atoms with van der Waals surface area (Å²) >= 11 is 0. The van der Waals surface area contributed by atoms with Crippen LogP contribution < -0.4 is 5.73 Å². The Bertz CT molecular complexity index is 477. The van der Waals surface area contributed by atoms with Crippen molar-refractivity contribution in [2.75, 3.05) is 0 Å². The molecule has 1 unspecified atom stereocenters. The van der Waals surface area contributed by atoms with Gasteiger partial charge in [-0.2, -0.15) is 0 Å². The van der Waals surface area contributed by atoms with Crippen molar-refractivity contribution in [3.63, 3.8) is 0 Å². The van der Waals surface area contributed by atoms with Crippen LogP contribution in [0.25, 0.3) is 0 Å². The minimum absolute atomic E-state index is 0.0507. The van der Waals surface area contributed by atoms with Gasteiger partial charge in [-0.25, -0.2) is 0 Å². The molecule has 1 atom stereocenters. The van der Waals surface area contributed by atoms with Crippen molar-refractivity contribution < 1.29 is 0 Å². The van der Waals surface area contributed by atoms with Gasteiger partial charge in [-0.15, -0.1) is 0 Å². The molecule has 0 bridgehead atoms. The fraction of sp³-hybridized carbons (Fsp3) is 0.312. The lowest BCUT2D eigenvalue weighted by Crippen LogP contribution is -2.42. The van der Waals surface area contributed by atoms with Gasteiger partial charge in [0, 0.05) is 29.8 Å².